The highest BCUT2D eigenvalue weighted by molar-refractivity contribution is 7.93. The molecule has 0 saturated carbocycles. The fraction of sp³-hybridized carbons (Fsp3) is 0.167. The second-order valence-corrected chi connectivity index (χ2v) is 9.15. The number of hydrogen-bond donors (Lipinski definition) is 1. The summed E-state index contributed by atoms with van der Waals surface area (Å²) in [6.45, 7) is 2.61. The Kier molecular flexibility index (Phi) is 5.03. The quantitative estimate of drug-likeness (QED) is 0.696. The van der Waals surface area contributed by atoms with Crippen LogP contribution >= 0.6 is 11.6 Å². The van der Waals surface area contributed by atoms with Crippen LogP contribution in [0, 0.1) is 0 Å². The number of carbonyl (C=O) groups is 1. The maximum Gasteiger partial charge on any atom is 0.328 e. The Hall–Kier alpha value is -2.71. The normalized spacial score (nSPS) is 12.0. The molecule has 0 spiro atoms. The molecule has 1 N–H and O–H groups in total. The van der Waals surface area contributed by atoms with Gasteiger partial charge in [-0.05, 0) is 38.1 Å². The Bertz CT molecular complexity index is 1060. The van der Waals surface area contributed by atoms with Crippen molar-refractivity contribution in [3.05, 3.63) is 59.6 Å². The number of benzene rings is 2. The summed E-state index contributed by atoms with van der Waals surface area (Å²) < 4.78 is 28.9. The molecule has 1 aromatic heterocycles. The standard InChI is InChI=1S/C18H16ClN3O4S/c1-18(2,27(24,25)14-10-8-13(19)9-11-14)16(23)21-17-20-15(22-26-17)12-6-4-3-5-7-12/h3-11H,1-2H3,(H,20,21,22,23). The predicted molar refractivity (Wildman–Crippen MR) is 101 cm³/mol. The number of anilines is 1. The van der Waals surface area contributed by atoms with Crippen LogP contribution in [0.25, 0.3) is 11.4 Å². The number of halogens is 1. The Morgan fingerprint density at radius 2 is 1.70 bits per heavy atom. The molecule has 0 aliphatic heterocycles. The van der Waals surface area contributed by atoms with Gasteiger partial charge in [0.1, 0.15) is 4.75 Å². The molecule has 7 nitrogen and oxygen atoms in total. The van der Waals surface area contributed by atoms with Gasteiger partial charge in [-0.2, -0.15) is 4.98 Å². The molecule has 3 aromatic rings. The second kappa shape index (κ2) is 7.13. The number of carbonyl (C=O) groups excluding carboxylic acids is 1. The Balaban J connectivity index is 1.82. The second-order valence-electron chi connectivity index (χ2n) is 6.21. The minimum atomic E-state index is -3.98. The maximum atomic E-state index is 12.9. The number of nitrogens with zero attached hydrogens (tertiary/aromatic N) is 2. The summed E-state index contributed by atoms with van der Waals surface area (Å²) >= 11 is 5.80. The van der Waals surface area contributed by atoms with Crippen molar-refractivity contribution in [2.75, 3.05) is 5.32 Å². The predicted octanol–water partition coefficient (Wildman–Crippen LogP) is 3.58. The van der Waals surface area contributed by atoms with Crippen LogP contribution < -0.4 is 5.32 Å². The van der Waals surface area contributed by atoms with Crippen LogP contribution in [0.4, 0.5) is 6.01 Å². The molecule has 2 aromatic carbocycles. The lowest BCUT2D eigenvalue weighted by Crippen LogP contribution is -2.44. The number of rotatable bonds is 5. The molecule has 27 heavy (non-hydrogen) atoms. The molecule has 0 bridgehead atoms. The fourth-order valence-corrected chi connectivity index (χ4v) is 3.76. The SMILES string of the molecule is CC(C)(C(=O)Nc1nc(-c2ccccc2)no1)S(=O)(=O)c1ccc(Cl)cc1. The Morgan fingerprint density at radius 3 is 2.33 bits per heavy atom. The van der Waals surface area contributed by atoms with Crippen molar-refractivity contribution in [1.29, 1.82) is 0 Å². The van der Waals surface area contributed by atoms with Crippen molar-refractivity contribution < 1.29 is 17.7 Å². The molecule has 0 fully saturated rings. The van der Waals surface area contributed by atoms with Gasteiger partial charge in [-0.3, -0.25) is 10.1 Å². The maximum absolute atomic E-state index is 12.9. The third kappa shape index (κ3) is 3.72. The van der Waals surface area contributed by atoms with E-state index >= 15 is 0 Å². The van der Waals surface area contributed by atoms with Crippen LogP contribution in [0.3, 0.4) is 0 Å². The van der Waals surface area contributed by atoms with Crippen molar-refractivity contribution in [2.24, 2.45) is 0 Å². The van der Waals surface area contributed by atoms with Crippen LogP contribution in [0.5, 0.6) is 0 Å². The molecule has 0 unspecified atom stereocenters. The van der Waals surface area contributed by atoms with E-state index in [1.165, 1.54) is 38.1 Å². The minimum Gasteiger partial charge on any atom is -0.315 e. The van der Waals surface area contributed by atoms with Gasteiger partial charge in [0.05, 0.1) is 4.90 Å². The number of amides is 1. The molecule has 9 heteroatoms. The summed E-state index contributed by atoms with van der Waals surface area (Å²) in [5.41, 5.74) is 0.704. The van der Waals surface area contributed by atoms with Gasteiger partial charge >= 0.3 is 6.01 Å². The average molecular weight is 406 g/mol. The van der Waals surface area contributed by atoms with Crippen LogP contribution in [0.1, 0.15) is 13.8 Å². The molecule has 0 aliphatic rings. The Morgan fingerprint density at radius 1 is 1.07 bits per heavy atom. The van der Waals surface area contributed by atoms with Crippen LogP contribution in [0.15, 0.2) is 64.0 Å². The smallest absolute Gasteiger partial charge is 0.315 e. The van der Waals surface area contributed by atoms with Gasteiger partial charge in [-0.15, -0.1) is 0 Å². The van der Waals surface area contributed by atoms with Gasteiger partial charge in [0.15, 0.2) is 9.84 Å². The molecule has 0 atom stereocenters. The van der Waals surface area contributed by atoms with Gasteiger partial charge < -0.3 is 4.52 Å². The third-order valence-electron chi connectivity index (χ3n) is 4.02. The summed E-state index contributed by atoms with van der Waals surface area (Å²) in [6.07, 6.45) is 0. The first-order valence-corrected chi connectivity index (χ1v) is 9.79. The Labute approximate surface area is 161 Å². The van der Waals surface area contributed by atoms with E-state index < -0.39 is 20.5 Å². The highest BCUT2D eigenvalue weighted by atomic mass is 35.5. The van der Waals surface area contributed by atoms with Gasteiger partial charge in [-0.1, -0.05) is 47.1 Å². The van der Waals surface area contributed by atoms with Crippen molar-refractivity contribution in [3.63, 3.8) is 0 Å². The van der Waals surface area contributed by atoms with E-state index in [4.69, 9.17) is 16.1 Å². The average Bonchev–Trinajstić information content (AvgIpc) is 3.11. The van der Waals surface area contributed by atoms with E-state index in [9.17, 15) is 13.2 Å². The van der Waals surface area contributed by atoms with Gasteiger partial charge in [0.25, 0.3) is 0 Å². The lowest BCUT2D eigenvalue weighted by molar-refractivity contribution is -0.118. The monoisotopic (exact) mass is 405 g/mol. The molecule has 3 rings (SSSR count). The first-order valence-electron chi connectivity index (χ1n) is 7.92. The summed E-state index contributed by atoms with van der Waals surface area (Å²) in [7, 11) is -3.98. The zero-order valence-electron chi connectivity index (χ0n) is 14.5. The van der Waals surface area contributed by atoms with Crippen LogP contribution in [-0.4, -0.2) is 29.2 Å². The molecule has 1 heterocycles. The van der Waals surface area contributed by atoms with Crippen molar-refractivity contribution in [3.8, 4) is 11.4 Å². The minimum absolute atomic E-state index is 0.0115. The van der Waals surface area contributed by atoms with Crippen LogP contribution in [-0.2, 0) is 14.6 Å². The number of aromatic nitrogens is 2. The van der Waals surface area contributed by atoms with E-state index in [-0.39, 0.29) is 16.7 Å². The fourth-order valence-electron chi connectivity index (χ4n) is 2.26. The largest absolute Gasteiger partial charge is 0.328 e. The van der Waals surface area contributed by atoms with Gasteiger partial charge in [0, 0.05) is 10.6 Å². The van der Waals surface area contributed by atoms with E-state index in [2.05, 4.69) is 15.5 Å². The van der Waals surface area contributed by atoms with Gasteiger partial charge in [-0.25, -0.2) is 8.42 Å². The van der Waals surface area contributed by atoms with Gasteiger partial charge in [0.2, 0.25) is 11.7 Å². The highest BCUT2D eigenvalue weighted by Crippen LogP contribution is 2.28. The van der Waals surface area contributed by atoms with Crippen molar-refractivity contribution in [2.45, 2.75) is 23.5 Å². The number of nitrogens with one attached hydrogen (secondary N) is 1. The molecule has 0 radical (unpaired) electrons. The molecule has 140 valence electrons. The van der Waals surface area contributed by atoms with Crippen molar-refractivity contribution in [1.82, 2.24) is 10.1 Å². The third-order valence-corrected chi connectivity index (χ3v) is 6.69. The first kappa shape index (κ1) is 19.1. The summed E-state index contributed by atoms with van der Waals surface area (Å²) in [5.74, 6) is -0.509. The van der Waals surface area contributed by atoms with E-state index in [1.54, 1.807) is 12.1 Å². The molecular weight excluding hydrogens is 390 g/mol. The first-order chi connectivity index (χ1) is 12.7. The van der Waals surface area contributed by atoms with E-state index in [1.807, 2.05) is 18.2 Å². The summed E-state index contributed by atoms with van der Waals surface area (Å²) in [4.78, 5) is 16.7. The number of hydrogen-bond acceptors (Lipinski definition) is 6. The summed E-state index contributed by atoms with van der Waals surface area (Å²) in [6, 6.07) is 14.5. The van der Waals surface area contributed by atoms with E-state index in [0.29, 0.717) is 10.6 Å². The molecule has 0 aliphatic carbocycles. The molecule has 0 saturated heterocycles. The van der Waals surface area contributed by atoms with Crippen molar-refractivity contribution >= 4 is 33.4 Å². The zero-order chi connectivity index (χ0) is 19.7. The molecular formula is C18H16ClN3O4S. The van der Waals surface area contributed by atoms with Crippen LogP contribution in [0.2, 0.25) is 5.02 Å². The molecule has 1 amide bonds. The lowest BCUT2D eigenvalue weighted by Gasteiger charge is -2.22. The summed E-state index contributed by atoms with van der Waals surface area (Å²) in [5, 5.41) is 6.56. The topological polar surface area (TPSA) is 102 Å². The lowest BCUT2D eigenvalue weighted by atomic mass is 10.2. The van der Waals surface area contributed by atoms with E-state index in [0.717, 1.165) is 0 Å². The highest BCUT2D eigenvalue weighted by Gasteiger charge is 2.43. The zero-order valence-corrected chi connectivity index (χ0v) is 16.1. The number of sulfone groups is 1.